The standard InChI is InChI=1S/C17H19N3O4/c1-2-23-17(21)20-11-13-12-5-3-4-6-14(12)24-15(13)16(18-20)19-7-9-22-10-8-19/h3-6H,2,7-11H2,1H3. The molecule has 2 aliphatic heterocycles. The monoisotopic (exact) mass is 329 g/mol. The molecule has 0 N–H and O–H groups in total. The Balaban J connectivity index is 1.79. The molecule has 1 saturated heterocycles. The van der Waals surface area contributed by atoms with Crippen LogP contribution in [0.25, 0.3) is 11.0 Å². The van der Waals surface area contributed by atoms with Gasteiger partial charge in [-0.3, -0.25) is 0 Å². The number of carbonyl (C=O) groups excluding carboxylic acids is 1. The van der Waals surface area contributed by atoms with Crippen LogP contribution in [0.2, 0.25) is 0 Å². The fourth-order valence-corrected chi connectivity index (χ4v) is 3.07. The molecule has 2 aliphatic rings. The molecule has 0 saturated carbocycles. The lowest BCUT2D eigenvalue weighted by Crippen LogP contribution is -2.44. The van der Waals surface area contributed by atoms with Gasteiger partial charge < -0.3 is 18.8 Å². The number of carbonyl (C=O) groups is 1. The van der Waals surface area contributed by atoms with Crippen LogP contribution in [-0.2, 0) is 16.0 Å². The molecular weight excluding hydrogens is 310 g/mol. The van der Waals surface area contributed by atoms with Crippen molar-refractivity contribution in [1.82, 2.24) is 9.91 Å². The minimum atomic E-state index is -0.445. The van der Waals surface area contributed by atoms with E-state index < -0.39 is 6.09 Å². The van der Waals surface area contributed by atoms with Crippen LogP contribution in [0.5, 0.6) is 0 Å². The second kappa shape index (κ2) is 6.16. The van der Waals surface area contributed by atoms with Crippen molar-refractivity contribution < 1.29 is 18.7 Å². The second-order valence-corrected chi connectivity index (χ2v) is 5.69. The van der Waals surface area contributed by atoms with Crippen molar-refractivity contribution in [2.45, 2.75) is 13.5 Å². The Morgan fingerprint density at radius 2 is 2.08 bits per heavy atom. The van der Waals surface area contributed by atoms with E-state index in [0.29, 0.717) is 45.3 Å². The van der Waals surface area contributed by atoms with Crippen molar-refractivity contribution in [1.29, 1.82) is 0 Å². The molecule has 126 valence electrons. The summed E-state index contributed by atoms with van der Waals surface area (Å²) in [4.78, 5) is 14.3. The number of para-hydroxylation sites is 1. The third kappa shape index (κ3) is 2.50. The van der Waals surface area contributed by atoms with E-state index in [0.717, 1.165) is 22.3 Å². The first-order valence-electron chi connectivity index (χ1n) is 8.14. The van der Waals surface area contributed by atoms with Crippen LogP contribution < -0.4 is 0 Å². The van der Waals surface area contributed by atoms with Gasteiger partial charge in [0.2, 0.25) is 0 Å². The number of amides is 1. The van der Waals surface area contributed by atoms with E-state index >= 15 is 0 Å². The molecule has 7 heteroatoms. The fourth-order valence-electron chi connectivity index (χ4n) is 3.07. The Morgan fingerprint density at radius 3 is 2.88 bits per heavy atom. The van der Waals surface area contributed by atoms with Crippen molar-refractivity contribution in [2.24, 2.45) is 5.10 Å². The van der Waals surface area contributed by atoms with Gasteiger partial charge in [-0.25, -0.2) is 4.79 Å². The van der Waals surface area contributed by atoms with E-state index in [1.54, 1.807) is 6.92 Å². The van der Waals surface area contributed by atoms with Crippen molar-refractivity contribution in [3.63, 3.8) is 0 Å². The van der Waals surface area contributed by atoms with E-state index in [1.807, 2.05) is 24.3 Å². The molecule has 0 spiro atoms. The van der Waals surface area contributed by atoms with Crippen LogP contribution in [0.15, 0.2) is 33.8 Å². The molecule has 7 nitrogen and oxygen atoms in total. The highest BCUT2D eigenvalue weighted by molar-refractivity contribution is 6.03. The molecule has 1 aromatic heterocycles. The molecule has 3 heterocycles. The Morgan fingerprint density at radius 1 is 1.29 bits per heavy atom. The van der Waals surface area contributed by atoms with Crippen molar-refractivity contribution >= 4 is 22.9 Å². The van der Waals surface area contributed by atoms with Crippen LogP contribution in [0.4, 0.5) is 4.79 Å². The summed E-state index contributed by atoms with van der Waals surface area (Å²) >= 11 is 0. The summed E-state index contributed by atoms with van der Waals surface area (Å²) in [6.07, 6.45) is -0.445. The van der Waals surface area contributed by atoms with Crippen LogP contribution in [0, 0.1) is 0 Å². The lowest BCUT2D eigenvalue weighted by molar-refractivity contribution is 0.0652. The zero-order valence-corrected chi connectivity index (χ0v) is 13.5. The summed E-state index contributed by atoms with van der Waals surface area (Å²) in [7, 11) is 0. The number of nitrogens with zero attached hydrogens (tertiary/aromatic N) is 3. The van der Waals surface area contributed by atoms with Gasteiger partial charge in [0.1, 0.15) is 5.58 Å². The summed E-state index contributed by atoms with van der Waals surface area (Å²) in [5, 5.41) is 6.89. The number of hydrogen-bond acceptors (Lipinski definition) is 6. The molecule has 0 atom stereocenters. The summed E-state index contributed by atoms with van der Waals surface area (Å²) in [6.45, 7) is 5.14. The predicted octanol–water partition coefficient (Wildman–Crippen LogP) is 2.40. The zero-order chi connectivity index (χ0) is 16.5. The van der Waals surface area contributed by atoms with Crippen LogP contribution in [-0.4, -0.2) is 54.7 Å². The SMILES string of the molecule is CCOC(=O)N1Cc2c(oc3ccccc23)C(N2CCOCC2)=N1. The molecule has 4 rings (SSSR count). The van der Waals surface area contributed by atoms with Gasteiger partial charge in [0, 0.05) is 24.0 Å². The number of ether oxygens (including phenoxy) is 2. The number of hydrogen-bond donors (Lipinski definition) is 0. The van der Waals surface area contributed by atoms with Gasteiger partial charge in [0.15, 0.2) is 11.6 Å². The van der Waals surface area contributed by atoms with E-state index in [9.17, 15) is 4.79 Å². The van der Waals surface area contributed by atoms with E-state index in [1.165, 1.54) is 5.01 Å². The van der Waals surface area contributed by atoms with Gasteiger partial charge in [-0.05, 0) is 13.0 Å². The quantitative estimate of drug-likeness (QED) is 0.804. The average Bonchev–Trinajstić information content (AvgIpc) is 3.00. The summed E-state index contributed by atoms with van der Waals surface area (Å²) < 4.78 is 16.6. The van der Waals surface area contributed by atoms with E-state index in [4.69, 9.17) is 13.9 Å². The highest BCUT2D eigenvalue weighted by Gasteiger charge is 2.32. The maximum atomic E-state index is 12.2. The topological polar surface area (TPSA) is 67.5 Å². The zero-order valence-electron chi connectivity index (χ0n) is 13.5. The molecule has 2 aromatic rings. The smallest absolute Gasteiger partial charge is 0.430 e. The minimum Gasteiger partial charge on any atom is -0.452 e. The molecule has 1 aromatic carbocycles. The minimum absolute atomic E-state index is 0.316. The number of rotatable bonds is 1. The first-order chi connectivity index (χ1) is 11.8. The highest BCUT2D eigenvalue weighted by Crippen LogP contribution is 2.32. The normalized spacial score (nSPS) is 17.6. The van der Waals surface area contributed by atoms with E-state index in [-0.39, 0.29) is 0 Å². The number of fused-ring (bicyclic) bond motifs is 3. The Labute approximate surface area is 139 Å². The van der Waals surface area contributed by atoms with Gasteiger partial charge >= 0.3 is 6.09 Å². The number of furan rings is 1. The van der Waals surface area contributed by atoms with E-state index in [2.05, 4.69) is 10.0 Å². The van der Waals surface area contributed by atoms with Crippen LogP contribution >= 0.6 is 0 Å². The average molecular weight is 329 g/mol. The first kappa shape index (κ1) is 15.0. The molecule has 1 fully saturated rings. The largest absolute Gasteiger partial charge is 0.452 e. The van der Waals surface area contributed by atoms with Crippen molar-refractivity contribution in [3.05, 3.63) is 35.6 Å². The van der Waals surface area contributed by atoms with Gasteiger partial charge in [0.05, 0.1) is 26.4 Å². The summed E-state index contributed by atoms with van der Waals surface area (Å²) in [5.74, 6) is 1.41. The Bertz CT molecular complexity index is 792. The third-order valence-corrected chi connectivity index (χ3v) is 4.21. The molecule has 0 bridgehead atoms. The van der Waals surface area contributed by atoms with Gasteiger partial charge in [-0.1, -0.05) is 18.2 Å². The third-order valence-electron chi connectivity index (χ3n) is 4.21. The number of amidine groups is 1. The molecule has 0 aliphatic carbocycles. The van der Waals surface area contributed by atoms with Crippen molar-refractivity contribution in [2.75, 3.05) is 32.9 Å². The summed E-state index contributed by atoms with van der Waals surface area (Å²) in [5.41, 5.74) is 1.77. The van der Waals surface area contributed by atoms with Crippen LogP contribution in [0.1, 0.15) is 18.2 Å². The first-order valence-corrected chi connectivity index (χ1v) is 8.14. The predicted molar refractivity (Wildman–Crippen MR) is 87.7 cm³/mol. The van der Waals surface area contributed by atoms with Crippen LogP contribution in [0.3, 0.4) is 0 Å². The lowest BCUT2D eigenvalue weighted by atomic mass is 10.1. The second-order valence-electron chi connectivity index (χ2n) is 5.69. The number of morpholine rings is 1. The van der Waals surface area contributed by atoms with Gasteiger partial charge in [-0.15, -0.1) is 5.10 Å². The maximum absolute atomic E-state index is 12.2. The van der Waals surface area contributed by atoms with Gasteiger partial charge in [-0.2, -0.15) is 5.01 Å². The van der Waals surface area contributed by atoms with Crippen molar-refractivity contribution in [3.8, 4) is 0 Å². The molecule has 1 amide bonds. The number of hydrazone groups is 1. The molecule has 0 unspecified atom stereocenters. The maximum Gasteiger partial charge on any atom is 0.430 e. The molecule has 0 radical (unpaired) electrons. The Kier molecular flexibility index (Phi) is 3.86. The lowest BCUT2D eigenvalue weighted by Gasteiger charge is -2.32. The van der Waals surface area contributed by atoms with Gasteiger partial charge in [0.25, 0.3) is 0 Å². The fraction of sp³-hybridized carbons (Fsp3) is 0.412. The highest BCUT2D eigenvalue weighted by atomic mass is 16.6. The number of benzene rings is 1. The molecular formula is C17H19N3O4. The Hall–Kier alpha value is -2.54. The molecule has 24 heavy (non-hydrogen) atoms. The summed E-state index contributed by atoms with van der Waals surface area (Å²) in [6, 6.07) is 7.83.